The summed E-state index contributed by atoms with van der Waals surface area (Å²) in [7, 11) is 0. The number of nitrogens with two attached hydrogens (primary N) is 1. The largest absolute Gasteiger partial charge is 0.345 e. The van der Waals surface area contributed by atoms with Gasteiger partial charge in [0.05, 0.1) is 5.69 Å². The van der Waals surface area contributed by atoms with Gasteiger partial charge in [0.25, 0.3) is 0 Å². The fourth-order valence-electron chi connectivity index (χ4n) is 5.50. The van der Waals surface area contributed by atoms with Gasteiger partial charge >= 0.3 is 5.69 Å². The molecule has 3 N–H and O–H groups in total. The van der Waals surface area contributed by atoms with E-state index in [1.165, 1.54) is 32.1 Å². The van der Waals surface area contributed by atoms with Crippen molar-refractivity contribution < 1.29 is 0 Å². The van der Waals surface area contributed by atoms with Crippen molar-refractivity contribution in [1.82, 2.24) is 9.97 Å². The molecule has 0 aliphatic heterocycles. The minimum Gasteiger partial charge on any atom is -0.325 e. The van der Waals surface area contributed by atoms with E-state index in [9.17, 15) is 4.79 Å². The molecule has 0 unspecified atom stereocenters. The van der Waals surface area contributed by atoms with Crippen LogP contribution in [0.1, 0.15) is 55.0 Å². The number of rotatable bonds is 2. The normalized spacial score (nSPS) is 38.4. The summed E-state index contributed by atoms with van der Waals surface area (Å²) in [5.41, 5.74) is 8.60. The molecule has 0 radical (unpaired) electrons. The van der Waals surface area contributed by atoms with E-state index >= 15 is 0 Å². The zero-order valence-corrected chi connectivity index (χ0v) is 12.1. The third-order valence-electron chi connectivity index (χ3n) is 6.06. The smallest absolute Gasteiger partial charge is 0.325 e. The highest BCUT2D eigenvalue weighted by Crippen LogP contribution is 2.59. The second-order valence-corrected chi connectivity index (χ2v) is 7.19. The van der Waals surface area contributed by atoms with Gasteiger partial charge in [0, 0.05) is 18.2 Å². The zero-order valence-electron chi connectivity index (χ0n) is 12.1. The lowest BCUT2D eigenvalue weighted by Crippen LogP contribution is -2.44. The van der Waals surface area contributed by atoms with Gasteiger partial charge < -0.3 is 10.7 Å². The van der Waals surface area contributed by atoms with Gasteiger partial charge in [0.15, 0.2) is 0 Å². The first-order valence-corrected chi connectivity index (χ1v) is 7.95. The molecule has 0 amide bonds. The average molecular weight is 273 g/mol. The van der Waals surface area contributed by atoms with Gasteiger partial charge in [-0.25, -0.2) is 4.79 Å². The summed E-state index contributed by atoms with van der Waals surface area (Å²) in [5, 5.41) is 0. The first-order chi connectivity index (χ1) is 9.65. The summed E-state index contributed by atoms with van der Waals surface area (Å²) in [6.07, 6.45) is 6.86. The molecule has 1 aromatic heterocycles. The number of hydrogen-bond acceptors (Lipinski definition) is 3. The summed E-state index contributed by atoms with van der Waals surface area (Å²) >= 11 is 0. The zero-order chi connectivity index (χ0) is 13.9. The van der Waals surface area contributed by atoms with Crippen molar-refractivity contribution in [3.05, 3.63) is 27.4 Å². The van der Waals surface area contributed by atoms with Crippen molar-refractivity contribution in [3.63, 3.8) is 0 Å². The van der Waals surface area contributed by atoms with Crippen LogP contribution >= 0.6 is 0 Å². The van der Waals surface area contributed by atoms with E-state index in [2.05, 4.69) is 16.9 Å². The van der Waals surface area contributed by atoms with Crippen LogP contribution in [0.25, 0.3) is 0 Å². The van der Waals surface area contributed by atoms with Crippen LogP contribution in [0.4, 0.5) is 0 Å². The molecule has 1 heterocycles. The standard InChI is InChI=1S/C16H23N3O/c1-8-13(7-17)18-16(20)19-15(8)14-11-3-9-2-10(5-11)6-12(14)4-9/h9-12,14H,2-7,17H2,1H3,(H,18,19,20). The Morgan fingerprint density at radius 3 is 2.30 bits per heavy atom. The van der Waals surface area contributed by atoms with Gasteiger partial charge in [-0.1, -0.05) is 0 Å². The van der Waals surface area contributed by atoms with E-state index in [1.807, 2.05) is 0 Å². The Kier molecular flexibility index (Phi) is 2.78. The molecule has 108 valence electrons. The summed E-state index contributed by atoms with van der Waals surface area (Å²) in [4.78, 5) is 19.0. The molecule has 0 spiro atoms. The molecule has 4 nitrogen and oxygen atoms in total. The number of nitrogens with zero attached hydrogens (tertiary/aromatic N) is 1. The molecule has 0 atom stereocenters. The Bertz CT molecular complexity index is 564. The van der Waals surface area contributed by atoms with E-state index in [-0.39, 0.29) is 5.69 Å². The molecule has 4 bridgehead atoms. The topological polar surface area (TPSA) is 71.8 Å². The molecular weight excluding hydrogens is 250 g/mol. The highest BCUT2D eigenvalue weighted by molar-refractivity contribution is 5.28. The number of aromatic amines is 1. The fraction of sp³-hybridized carbons (Fsp3) is 0.750. The molecule has 0 saturated heterocycles. The second kappa shape index (κ2) is 4.42. The van der Waals surface area contributed by atoms with Crippen LogP contribution in [0.2, 0.25) is 0 Å². The molecule has 4 aliphatic rings. The summed E-state index contributed by atoms with van der Waals surface area (Å²) in [6.45, 7) is 2.47. The number of aromatic nitrogens is 2. The molecule has 4 saturated carbocycles. The predicted molar refractivity (Wildman–Crippen MR) is 77.3 cm³/mol. The van der Waals surface area contributed by atoms with Crippen LogP contribution in [0, 0.1) is 30.6 Å². The third kappa shape index (κ3) is 1.77. The molecule has 5 rings (SSSR count). The third-order valence-corrected chi connectivity index (χ3v) is 6.06. The highest BCUT2D eigenvalue weighted by atomic mass is 16.1. The van der Waals surface area contributed by atoms with Gasteiger partial charge in [0.1, 0.15) is 0 Å². The number of nitrogens with one attached hydrogen (secondary N) is 1. The molecular formula is C16H23N3O. The lowest BCUT2D eigenvalue weighted by Gasteiger charge is -2.54. The quantitative estimate of drug-likeness (QED) is 0.866. The number of H-pyrrole nitrogens is 1. The molecule has 4 fully saturated rings. The van der Waals surface area contributed by atoms with E-state index < -0.39 is 0 Å². The van der Waals surface area contributed by atoms with Crippen molar-refractivity contribution >= 4 is 0 Å². The van der Waals surface area contributed by atoms with Crippen LogP contribution < -0.4 is 11.4 Å². The Balaban J connectivity index is 1.78. The van der Waals surface area contributed by atoms with Crippen LogP contribution in [-0.2, 0) is 6.54 Å². The van der Waals surface area contributed by atoms with E-state index in [4.69, 9.17) is 5.73 Å². The van der Waals surface area contributed by atoms with Crippen LogP contribution in [-0.4, -0.2) is 9.97 Å². The number of hydrogen-bond donors (Lipinski definition) is 2. The summed E-state index contributed by atoms with van der Waals surface area (Å²) < 4.78 is 0. The van der Waals surface area contributed by atoms with Crippen LogP contribution in [0.3, 0.4) is 0 Å². The minimum atomic E-state index is -0.222. The van der Waals surface area contributed by atoms with E-state index in [0.717, 1.165) is 40.6 Å². The van der Waals surface area contributed by atoms with Crippen molar-refractivity contribution in [2.45, 2.75) is 51.5 Å². The van der Waals surface area contributed by atoms with Gasteiger partial charge in [0.2, 0.25) is 0 Å². The summed E-state index contributed by atoms with van der Waals surface area (Å²) in [6, 6.07) is 0. The maximum atomic E-state index is 11.8. The lowest BCUT2D eigenvalue weighted by molar-refractivity contribution is -0.00452. The van der Waals surface area contributed by atoms with Crippen LogP contribution in [0.15, 0.2) is 4.79 Å². The van der Waals surface area contributed by atoms with Gasteiger partial charge in [-0.05, 0) is 68.3 Å². The highest BCUT2D eigenvalue weighted by Gasteiger charge is 2.49. The maximum absolute atomic E-state index is 11.8. The lowest BCUT2D eigenvalue weighted by atomic mass is 9.51. The van der Waals surface area contributed by atoms with E-state index in [1.54, 1.807) is 0 Å². The van der Waals surface area contributed by atoms with Gasteiger partial charge in [-0.2, -0.15) is 4.98 Å². The molecule has 0 aromatic carbocycles. The molecule has 1 aromatic rings. The first kappa shape index (κ1) is 12.6. The Morgan fingerprint density at radius 2 is 1.75 bits per heavy atom. The van der Waals surface area contributed by atoms with Gasteiger partial charge in [-0.3, -0.25) is 0 Å². The molecule has 4 heteroatoms. The maximum Gasteiger partial charge on any atom is 0.345 e. The predicted octanol–water partition coefficient (Wildman–Crippen LogP) is 2.08. The van der Waals surface area contributed by atoms with E-state index in [0.29, 0.717) is 12.5 Å². The van der Waals surface area contributed by atoms with Crippen molar-refractivity contribution in [2.24, 2.45) is 29.4 Å². The van der Waals surface area contributed by atoms with Crippen molar-refractivity contribution in [2.75, 3.05) is 0 Å². The first-order valence-electron chi connectivity index (χ1n) is 7.95. The molecule has 4 aliphatic carbocycles. The fourth-order valence-corrected chi connectivity index (χ4v) is 5.50. The van der Waals surface area contributed by atoms with Crippen LogP contribution in [0.5, 0.6) is 0 Å². The monoisotopic (exact) mass is 273 g/mol. The van der Waals surface area contributed by atoms with Gasteiger partial charge in [-0.15, -0.1) is 0 Å². The SMILES string of the molecule is Cc1c(C2C3CC4CC(C3)CC2C4)nc(=O)[nH]c1CN. The Hall–Kier alpha value is -1.16. The average Bonchev–Trinajstić information content (AvgIpc) is 2.40. The minimum absolute atomic E-state index is 0.222. The molecule has 20 heavy (non-hydrogen) atoms. The van der Waals surface area contributed by atoms with Crippen molar-refractivity contribution in [3.8, 4) is 0 Å². The Labute approximate surface area is 119 Å². The Morgan fingerprint density at radius 1 is 1.15 bits per heavy atom. The summed E-state index contributed by atoms with van der Waals surface area (Å²) in [5.74, 6) is 3.92. The van der Waals surface area contributed by atoms with Crippen molar-refractivity contribution in [1.29, 1.82) is 0 Å². The second-order valence-electron chi connectivity index (χ2n) is 7.19.